The van der Waals surface area contributed by atoms with Gasteiger partial charge in [0.05, 0.1) is 6.07 Å². The smallest absolute Gasteiger partial charge is 0.104 e. The zero-order valence-corrected chi connectivity index (χ0v) is 14.7. The molecule has 0 amide bonds. The second-order valence-electron chi connectivity index (χ2n) is 7.17. The minimum absolute atomic E-state index is 0.360. The highest BCUT2D eigenvalue weighted by atomic mass is 15.3. The van der Waals surface area contributed by atoms with Gasteiger partial charge in [-0.3, -0.25) is 10.2 Å². The fraction of sp³-hybridized carbons (Fsp3) is 0.941. The van der Waals surface area contributed by atoms with Crippen LogP contribution < -0.4 is 5.32 Å². The summed E-state index contributed by atoms with van der Waals surface area (Å²) in [5.41, 5.74) is -0.371. The lowest BCUT2D eigenvalue weighted by molar-refractivity contribution is 0.107. The Morgan fingerprint density at radius 1 is 1.10 bits per heavy atom. The summed E-state index contributed by atoms with van der Waals surface area (Å²) in [7, 11) is 0. The summed E-state index contributed by atoms with van der Waals surface area (Å²) in [6.07, 6.45) is 3.25. The van der Waals surface area contributed by atoms with Crippen molar-refractivity contribution >= 4 is 0 Å². The van der Waals surface area contributed by atoms with Crippen molar-refractivity contribution in [2.45, 2.75) is 71.5 Å². The molecule has 0 aromatic rings. The zero-order chi connectivity index (χ0) is 15.9. The molecule has 0 spiro atoms. The van der Waals surface area contributed by atoms with Crippen LogP contribution in [0.15, 0.2) is 0 Å². The van der Waals surface area contributed by atoms with Gasteiger partial charge in [0.1, 0.15) is 5.54 Å². The van der Waals surface area contributed by atoms with Gasteiger partial charge in [-0.25, -0.2) is 0 Å². The summed E-state index contributed by atoms with van der Waals surface area (Å²) < 4.78 is 0. The predicted molar refractivity (Wildman–Crippen MR) is 89.3 cm³/mol. The van der Waals surface area contributed by atoms with E-state index in [1.807, 2.05) is 6.92 Å². The van der Waals surface area contributed by atoms with Crippen LogP contribution in [0.2, 0.25) is 0 Å². The largest absolute Gasteiger partial charge is 0.301 e. The summed E-state index contributed by atoms with van der Waals surface area (Å²) in [4.78, 5) is 5.12. The van der Waals surface area contributed by atoms with Gasteiger partial charge < -0.3 is 4.90 Å². The zero-order valence-electron chi connectivity index (χ0n) is 14.7. The van der Waals surface area contributed by atoms with E-state index in [2.05, 4.69) is 48.9 Å². The van der Waals surface area contributed by atoms with Crippen LogP contribution in [0, 0.1) is 11.3 Å². The van der Waals surface area contributed by atoms with Crippen molar-refractivity contribution in [3.05, 3.63) is 0 Å². The maximum absolute atomic E-state index is 9.33. The fourth-order valence-corrected chi connectivity index (χ4v) is 3.11. The summed E-state index contributed by atoms with van der Waals surface area (Å²) in [5.74, 6) is 0. The molecule has 0 saturated carbocycles. The van der Waals surface area contributed by atoms with Crippen LogP contribution >= 0.6 is 0 Å². The van der Waals surface area contributed by atoms with E-state index < -0.39 is 0 Å². The van der Waals surface area contributed by atoms with E-state index >= 15 is 0 Å². The molecule has 1 N–H and O–H groups in total. The minimum atomic E-state index is -0.371. The molecular formula is C17H34N4. The third-order valence-corrected chi connectivity index (χ3v) is 4.39. The quantitative estimate of drug-likeness (QED) is 0.698. The van der Waals surface area contributed by atoms with Crippen LogP contribution in [0.25, 0.3) is 0 Å². The standard InChI is InChI=1S/C17H34N4/c1-15(2)19-17(5,14-18)8-6-7-9-20-10-12-21(13-11-20)16(3)4/h15-16,19H,6-13H2,1-5H3. The number of nitriles is 1. The van der Waals surface area contributed by atoms with Crippen molar-refractivity contribution < 1.29 is 0 Å². The molecule has 1 heterocycles. The van der Waals surface area contributed by atoms with E-state index in [0.717, 1.165) is 12.8 Å². The third kappa shape index (κ3) is 6.78. The Balaban J connectivity index is 2.19. The van der Waals surface area contributed by atoms with Gasteiger partial charge in [-0.1, -0.05) is 0 Å². The van der Waals surface area contributed by atoms with Crippen molar-refractivity contribution in [2.75, 3.05) is 32.7 Å². The molecule has 122 valence electrons. The van der Waals surface area contributed by atoms with Crippen molar-refractivity contribution in [2.24, 2.45) is 0 Å². The SMILES string of the molecule is CC(C)NC(C)(C#N)CCCCN1CCN(C(C)C)CC1. The van der Waals surface area contributed by atoms with Crippen LogP contribution in [0.4, 0.5) is 0 Å². The normalized spacial score (nSPS) is 20.7. The number of nitrogens with zero attached hydrogens (tertiary/aromatic N) is 3. The second-order valence-corrected chi connectivity index (χ2v) is 7.17. The molecule has 4 heteroatoms. The Labute approximate surface area is 131 Å². The molecule has 1 atom stereocenters. The van der Waals surface area contributed by atoms with E-state index in [9.17, 15) is 5.26 Å². The Morgan fingerprint density at radius 2 is 1.71 bits per heavy atom. The van der Waals surface area contributed by atoms with Gasteiger partial charge in [0.15, 0.2) is 0 Å². The molecule has 0 aliphatic carbocycles. The first-order valence-corrected chi connectivity index (χ1v) is 8.51. The van der Waals surface area contributed by atoms with Crippen LogP contribution in [0.1, 0.15) is 53.9 Å². The Hall–Kier alpha value is -0.630. The molecule has 0 bridgehead atoms. The molecule has 1 aliphatic rings. The Morgan fingerprint density at radius 3 is 2.19 bits per heavy atom. The van der Waals surface area contributed by atoms with Crippen molar-refractivity contribution in [1.29, 1.82) is 5.26 Å². The fourth-order valence-electron chi connectivity index (χ4n) is 3.11. The number of nitrogens with one attached hydrogen (secondary N) is 1. The average molecular weight is 294 g/mol. The topological polar surface area (TPSA) is 42.3 Å². The van der Waals surface area contributed by atoms with Gasteiger partial charge in [-0.05, 0) is 60.4 Å². The van der Waals surface area contributed by atoms with Gasteiger partial charge in [-0.15, -0.1) is 0 Å². The second kappa shape index (κ2) is 8.73. The first-order chi connectivity index (χ1) is 9.86. The van der Waals surface area contributed by atoms with E-state index in [4.69, 9.17) is 0 Å². The van der Waals surface area contributed by atoms with E-state index in [1.165, 1.54) is 39.1 Å². The number of hydrogen-bond donors (Lipinski definition) is 1. The lowest BCUT2D eigenvalue weighted by atomic mass is 9.95. The summed E-state index contributed by atoms with van der Waals surface area (Å²) in [6.45, 7) is 16.7. The molecule has 1 unspecified atom stereocenters. The van der Waals surface area contributed by atoms with Crippen molar-refractivity contribution in [1.82, 2.24) is 15.1 Å². The molecule has 0 radical (unpaired) electrons. The lowest BCUT2D eigenvalue weighted by Crippen LogP contribution is -2.49. The van der Waals surface area contributed by atoms with E-state index in [1.54, 1.807) is 0 Å². The summed E-state index contributed by atoms with van der Waals surface area (Å²) in [6, 6.07) is 3.47. The average Bonchev–Trinajstić information content (AvgIpc) is 2.43. The molecule has 1 aliphatic heterocycles. The Kier molecular flexibility index (Phi) is 7.65. The molecule has 4 nitrogen and oxygen atoms in total. The lowest BCUT2D eigenvalue weighted by Gasteiger charge is -2.37. The van der Waals surface area contributed by atoms with Crippen LogP contribution in [0.5, 0.6) is 0 Å². The van der Waals surface area contributed by atoms with Crippen molar-refractivity contribution in [3.63, 3.8) is 0 Å². The van der Waals surface area contributed by atoms with Crippen LogP contribution in [-0.4, -0.2) is 60.1 Å². The van der Waals surface area contributed by atoms with Crippen LogP contribution in [-0.2, 0) is 0 Å². The summed E-state index contributed by atoms with van der Waals surface area (Å²) in [5, 5.41) is 12.7. The molecular weight excluding hydrogens is 260 g/mol. The summed E-state index contributed by atoms with van der Waals surface area (Å²) >= 11 is 0. The van der Waals surface area contributed by atoms with E-state index in [-0.39, 0.29) is 5.54 Å². The maximum Gasteiger partial charge on any atom is 0.104 e. The third-order valence-electron chi connectivity index (χ3n) is 4.39. The van der Waals surface area contributed by atoms with Gasteiger partial charge in [0, 0.05) is 38.3 Å². The number of rotatable bonds is 8. The monoisotopic (exact) mass is 294 g/mol. The van der Waals surface area contributed by atoms with Crippen molar-refractivity contribution in [3.8, 4) is 6.07 Å². The predicted octanol–water partition coefficient (Wildman–Crippen LogP) is 2.46. The highest BCUT2D eigenvalue weighted by molar-refractivity contribution is 5.04. The van der Waals surface area contributed by atoms with Crippen LogP contribution in [0.3, 0.4) is 0 Å². The first kappa shape index (κ1) is 18.4. The van der Waals surface area contributed by atoms with Gasteiger partial charge >= 0.3 is 0 Å². The van der Waals surface area contributed by atoms with Gasteiger partial charge in [-0.2, -0.15) is 5.26 Å². The molecule has 1 saturated heterocycles. The van der Waals surface area contributed by atoms with Gasteiger partial charge in [0.2, 0.25) is 0 Å². The molecule has 1 rings (SSSR count). The Bertz CT molecular complexity index is 326. The van der Waals surface area contributed by atoms with Gasteiger partial charge in [0.25, 0.3) is 0 Å². The number of hydrogen-bond acceptors (Lipinski definition) is 4. The molecule has 21 heavy (non-hydrogen) atoms. The molecule has 0 aromatic carbocycles. The number of unbranched alkanes of at least 4 members (excludes halogenated alkanes) is 1. The highest BCUT2D eigenvalue weighted by Crippen LogP contribution is 2.15. The molecule has 0 aromatic heterocycles. The first-order valence-electron chi connectivity index (χ1n) is 8.51. The minimum Gasteiger partial charge on any atom is -0.301 e. The van der Waals surface area contributed by atoms with E-state index in [0.29, 0.717) is 12.1 Å². The molecule has 1 fully saturated rings. The number of piperazine rings is 1. The maximum atomic E-state index is 9.33. The highest BCUT2D eigenvalue weighted by Gasteiger charge is 2.24.